The third-order valence-corrected chi connectivity index (χ3v) is 14.4. The topological polar surface area (TPSA) is 176 Å². The maximum absolute atomic E-state index is 14.1. The van der Waals surface area contributed by atoms with Gasteiger partial charge in [-0.25, -0.2) is 19.6 Å². The van der Waals surface area contributed by atoms with Gasteiger partial charge in [0.05, 0.1) is 47.1 Å². The fraction of sp³-hybridized carbons (Fsp3) is 0.500. The van der Waals surface area contributed by atoms with Gasteiger partial charge in [-0.15, -0.1) is 0 Å². The summed E-state index contributed by atoms with van der Waals surface area (Å²) in [6, 6.07) is 10.6. The molecule has 1 aliphatic carbocycles. The highest BCUT2D eigenvalue weighted by molar-refractivity contribution is 6.34. The third-order valence-electron chi connectivity index (χ3n) is 14.0. The van der Waals surface area contributed by atoms with Crippen molar-refractivity contribution in [2.45, 2.75) is 91.0 Å². The number of allylic oxidation sites excluding steroid dienone is 2. The van der Waals surface area contributed by atoms with Crippen LogP contribution >= 0.6 is 11.6 Å². The molecule has 3 saturated heterocycles. The average molecular weight is 1050 g/mol. The molecule has 3 aromatic carbocycles. The van der Waals surface area contributed by atoms with E-state index in [9.17, 15) is 37.1 Å². The molecule has 3 fully saturated rings. The van der Waals surface area contributed by atoms with Crippen LogP contribution in [-0.2, 0) is 25.2 Å². The van der Waals surface area contributed by atoms with Crippen LogP contribution in [0, 0.1) is 18.8 Å². The van der Waals surface area contributed by atoms with Gasteiger partial charge in [0.1, 0.15) is 23.0 Å². The molecule has 3 aliphatic heterocycles. The summed E-state index contributed by atoms with van der Waals surface area (Å²) in [5, 5.41) is 6.54. The number of imide groups is 1. The Morgan fingerprint density at radius 3 is 2.30 bits per heavy atom. The lowest BCUT2D eigenvalue weighted by molar-refractivity contribution is -0.138. The molecular formula is C54H64ClF3N8O8. The van der Waals surface area contributed by atoms with E-state index in [1.807, 2.05) is 21.9 Å². The highest BCUT2D eigenvalue weighted by Crippen LogP contribution is 2.40. The Morgan fingerprint density at radius 2 is 1.64 bits per heavy atom. The number of hydrogen-bond donors (Lipinski definition) is 2. The molecule has 16 nitrogen and oxygen atoms in total. The number of methoxy groups -OCH3 is 1. The van der Waals surface area contributed by atoms with Crippen LogP contribution in [0.25, 0.3) is 16.5 Å². The number of halogens is 4. The predicted molar refractivity (Wildman–Crippen MR) is 274 cm³/mol. The lowest BCUT2D eigenvalue weighted by atomic mass is 9.85. The Kier molecular flexibility index (Phi) is 16.5. The number of nitrogens with one attached hydrogen (secondary N) is 2. The smallest absolute Gasteiger partial charge is 0.416 e. The van der Waals surface area contributed by atoms with Crippen molar-refractivity contribution in [3.8, 4) is 5.75 Å². The Labute approximate surface area is 433 Å². The number of hydrogen-bond acceptors (Lipinski definition) is 12. The normalized spacial score (nSPS) is 18.8. The summed E-state index contributed by atoms with van der Waals surface area (Å²) in [5.41, 5.74) is 1.37. The minimum absolute atomic E-state index is 0.135. The second-order valence-corrected chi connectivity index (χ2v) is 20.9. The number of urea groups is 1. The van der Waals surface area contributed by atoms with Gasteiger partial charge in [0, 0.05) is 93.9 Å². The first kappa shape index (κ1) is 54.0. The van der Waals surface area contributed by atoms with E-state index in [1.54, 1.807) is 59.9 Å². The fourth-order valence-corrected chi connectivity index (χ4v) is 10.2. The van der Waals surface area contributed by atoms with Gasteiger partial charge < -0.3 is 29.3 Å². The molecule has 2 N–H and O–H groups in total. The molecule has 74 heavy (non-hydrogen) atoms. The van der Waals surface area contributed by atoms with Crippen molar-refractivity contribution in [2.24, 2.45) is 11.8 Å². The second kappa shape index (κ2) is 22.7. The highest BCUT2D eigenvalue weighted by atomic mass is 35.5. The monoisotopic (exact) mass is 1040 g/mol. The molecule has 8 rings (SSSR count). The van der Waals surface area contributed by atoms with Crippen LogP contribution in [0.15, 0.2) is 54.6 Å². The first-order valence-corrected chi connectivity index (χ1v) is 25.6. The van der Waals surface area contributed by atoms with Crippen LogP contribution in [0.3, 0.4) is 0 Å². The number of likely N-dealkylation sites (tertiary alicyclic amines) is 1. The Bertz CT molecular complexity index is 2820. The highest BCUT2D eigenvalue weighted by Gasteiger charge is 2.35. The van der Waals surface area contributed by atoms with Crippen molar-refractivity contribution in [3.63, 3.8) is 0 Å². The van der Waals surface area contributed by atoms with Crippen LogP contribution in [0.2, 0.25) is 5.02 Å². The molecular weight excluding hydrogens is 981 g/mol. The molecule has 4 aliphatic rings. The molecule has 4 aromatic rings. The van der Waals surface area contributed by atoms with Crippen molar-refractivity contribution in [1.82, 2.24) is 30.0 Å². The van der Waals surface area contributed by atoms with E-state index >= 15 is 0 Å². The summed E-state index contributed by atoms with van der Waals surface area (Å²) in [4.78, 5) is 81.1. The number of piperidine rings is 1. The number of amides is 5. The van der Waals surface area contributed by atoms with Crippen molar-refractivity contribution in [1.29, 1.82) is 0 Å². The quantitative estimate of drug-likeness (QED) is 0.0907. The molecule has 1 aromatic heterocycles. The second-order valence-electron chi connectivity index (χ2n) is 20.5. The summed E-state index contributed by atoms with van der Waals surface area (Å²) >= 11 is 6.39. The van der Waals surface area contributed by atoms with Gasteiger partial charge >= 0.3 is 18.2 Å². The molecule has 1 unspecified atom stereocenters. The van der Waals surface area contributed by atoms with Crippen LogP contribution in [0.5, 0.6) is 5.75 Å². The molecule has 2 atom stereocenters. The lowest BCUT2D eigenvalue weighted by Gasteiger charge is -2.37. The number of aromatic nitrogens is 2. The van der Waals surface area contributed by atoms with E-state index in [2.05, 4.69) is 31.6 Å². The number of carbonyl (C=O) groups is 5. The summed E-state index contributed by atoms with van der Waals surface area (Å²) < 4.78 is 59.7. The number of benzene rings is 3. The average Bonchev–Trinajstić information content (AvgIpc) is 3.36. The van der Waals surface area contributed by atoms with E-state index in [1.165, 1.54) is 11.0 Å². The van der Waals surface area contributed by atoms with Crippen LogP contribution in [0.4, 0.5) is 29.5 Å². The minimum atomic E-state index is -4.70. The van der Waals surface area contributed by atoms with E-state index in [0.29, 0.717) is 109 Å². The Hall–Kier alpha value is -6.31. The van der Waals surface area contributed by atoms with Crippen LogP contribution in [0.1, 0.15) is 115 Å². The van der Waals surface area contributed by atoms with Crippen molar-refractivity contribution >= 4 is 69.3 Å². The number of ether oxygens (including phenoxy) is 3. The largest absolute Gasteiger partial charge is 0.496 e. The predicted octanol–water partition coefficient (Wildman–Crippen LogP) is 9.09. The van der Waals surface area contributed by atoms with Crippen molar-refractivity contribution < 1.29 is 51.4 Å². The first-order valence-electron chi connectivity index (χ1n) is 25.2. The van der Waals surface area contributed by atoms with Gasteiger partial charge in [0.25, 0.3) is 5.91 Å². The first-order chi connectivity index (χ1) is 35.1. The minimum Gasteiger partial charge on any atom is -0.496 e. The molecule has 0 radical (unpaired) electrons. The zero-order valence-corrected chi connectivity index (χ0v) is 43.5. The number of esters is 1. The Balaban J connectivity index is 0.809. The van der Waals surface area contributed by atoms with E-state index in [-0.39, 0.29) is 47.7 Å². The van der Waals surface area contributed by atoms with E-state index < -0.39 is 35.4 Å². The molecule has 0 spiro atoms. The van der Waals surface area contributed by atoms with Gasteiger partial charge in [-0.1, -0.05) is 17.7 Å². The van der Waals surface area contributed by atoms with Gasteiger partial charge in [0.15, 0.2) is 0 Å². The van der Waals surface area contributed by atoms with E-state index in [0.717, 1.165) is 55.7 Å². The molecule has 20 heteroatoms. The number of fused-ring (bicyclic) bond motifs is 1. The lowest BCUT2D eigenvalue weighted by Crippen LogP contribution is -2.51. The van der Waals surface area contributed by atoms with Gasteiger partial charge in [0.2, 0.25) is 11.8 Å². The summed E-state index contributed by atoms with van der Waals surface area (Å²) in [7, 11) is 1.58. The number of aryl methyl sites for hydroxylation is 1. The van der Waals surface area contributed by atoms with Crippen molar-refractivity contribution in [3.05, 3.63) is 93.3 Å². The SMILES string of the molecule is COc1cc2nc(C)nc(N[C@H](C)c3cc(C(=O)OC(C)(C)C)cc(C(F)(F)F)c3)c2cc1C1=CCC(C(=O)N2CCN(CCOCC3CCN(C(=O)c4ccc(Cl)c(N5CCC(=O)NC5=O)c4)CC3)CC2)CC1. The third kappa shape index (κ3) is 13.0. The standard InChI is InChI=1S/C54H64ClF3N8O8/c1-32(38-25-39(51(70)74-53(3,4)5)27-40(26-38)54(56,57)58)59-48-42-29-41(46(72-6)30-44(42)60-33(2)61-48)35-7-9-36(10-8-35)49(68)65-21-19-63(20-22-65)23-24-73-31-34-13-16-64(17-14-34)50(69)37-11-12-43(55)45(28-37)66-18-15-47(67)62-52(66)71/h7,11-12,25-30,32,34,36H,8-10,13-24,31H2,1-6H3,(H,59,60,61)(H,62,67,71)/t32-,36?/m1/s1. The van der Waals surface area contributed by atoms with Gasteiger partial charge in [-0.2, -0.15) is 13.2 Å². The molecule has 0 bridgehead atoms. The fourth-order valence-electron chi connectivity index (χ4n) is 9.94. The van der Waals surface area contributed by atoms with Gasteiger partial charge in [-0.05, 0) is 126 Å². The summed E-state index contributed by atoms with van der Waals surface area (Å²) in [6.07, 6.45) is 0.993. The molecule has 396 valence electrons. The maximum Gasteiger partial charge on any atom is 0.416 e. The Morgan fingerprint density at radius 1 is 0.892 bits per heavy atom. The van der Waals surface area contributed by atoms with E-state index in [4.69, 9.17) is 25.8 Å². The number of rotatable bonds is 14. The number of anilines is 2. The zero-order valence-electron chi connectivity index (χ0n) is 42.7. The van der Waals surface area contributed by atoms with Gasteiger partial charge in [-0.3, -0.25) is 29.5 Å². The molecule has 5 amide bonds. The molecule has 0 saturated carbocycles. The number of carbonyl (C=O) groups excluding carboxylic acids is 5. The zero-order chi connectivity index (χ0) is 53.1. The summed E-state index contributed by atoms with van der Waals surface area (Å²) in [5.74, 6) is 0.404. The number of nitrogens with zero attached hydrogens (tertiary/aromatic N) is 6. The summed E-state index contributed by atoms with van der Waals surface area (Å²) in [6.45, 7) is 14.4. The molecule has 4 heterocycles. The number of piperazine rings is 1. The van der Waals surface area contributed by atoms with Crippen molar-refractivity contribution in [2.75, 3.05) is 82.9 Å². The van der Waals surface area contributed by atoms with Crippen LogP contribution < -0.4 is 20.3 Å². The number of alkyl halides is 3. The maximum atomic E-state index is 14.1. The van der Waals surface area contributed by atoms with Crippen LogP contribution in [-0.4, -0.2) is 133 Å².